The topological polar surface area (TPSA) is 66.7 Å². The molecule has 5 nitrogen and oxygen atoms in total. The first kappa shape index (κ1) is 11.5. The van der Waals surface area contributed by atoms with Gasteiger partial charge in [-0.2, -0.15) is 0 Å². The molecule has 1 amide bonds. The van der Waals surface area contributed by atoms with E-state index < -0.39 is 0 Å². The highest BCUT2D eigenvalue weighted by molar-refractivity contribution is 7.80. The van der Waals surface area contributed by atoms with Gasteiger partial charge in [-0.05, 0) is 30.8 Å². The molecule has 2 rings (SSSR count). The van der Waals surface area contributed by atoms with Gasteiger partial charge in [-0.3, -0.25) is 4.79 Å². The second kappa shape index (κ2) is 4.92. The fraction of sp³-hybridized carbons (Fsp3) is 0.182. The maximum Gasteiger partial charge on any atom is 0.277 e. The molecule has 0 fully saturated rings. The molecule has 0 saturated heterocycles. The lowest BCUT2D eigenvalue weighted by Gasteiger charge is -2.04. The summed E-state index contributed by atoms with van der Waals surface area (Å²) in [6, 6.07) is 5.27. The molecule has 0 aromatic carbocycles. The van der Waals surface area contributed by atoms with Gasteiger partial charge in [0.15, 0.2) is 5.71 Å². The highest BCUT2D eigenvalue weighted by atomic mass is 32.1. The number of carbonyl (C=O) groups excluding carboxylic acids is 1. The number of thiocarbonyl (C=S) groups is 1. The van der Waals surface area contributed by atoms with E-state index in [0.717, 1.165) is 0 Å². The van der Waals surface area contributed by atoms with Gasteiger partial charge < -0.3 is 5.32 Å². The molecule has 0 bridgehead atoms. The summed E-state index contributed by atoms with van der Waals surface area (Å²) in [5.74, 6) is 0.151. The second-order valence-corrected chi connectivity index (χ2v) is 3.69. The number of nitrogens with zero attached hydrogens (tertiary/aromatic N) is 3. The molecular weight excluding hydrogens is 236 g/mol. The van der Waals surface area contributed by atoms with Crippen LogP contribution in [0.1, 0.15) is 13.3 Å². The predicted molar refractivity (Wildman–Crippen MR) is 70.6 cm³/mol. The van der Waals surface area contributed by atoms with Gasteiger partial charge in [0.25, 0.3) is 5.91 Å². The fourth-order valence-corrected chi connectivity index (χ4v) is 1.60. The molecule has 86 valence electrons. The number of hydrogen-bond donors (Lipinski definition) is 1. The summed E-state index contributed by atoms with van der Waals surface area (Å²) in [6.45, 7) is 1.90. The highest BCUT2D eigenvalue weighted by Gasteiger charge is 2.22. The number of rotatable bonds is 3. The van der Waals surface area contributed by atoms with Crippen molar-refractivity contribution < 1.29 is 4.79 Å². The first-order valence-electron chi connectivity index (χ1n) is 5.13. The summed E-state index contributed by atoms with van der Waals surface area (Å²) in [5.41, 5.74) is 0.895. The minimum absolute atomic E-state index is 0.202. The summed E-state index contributed by atoms with van der Waals surface area (Å²) in [5, 5.41) is 2.85. The molecule has 6 heteroatoms. The van der Waals surface area contributed by atoms with Crippen LogP contribution >= 0.6 is 12.2 Å². The molecule has 1 N–H and O–H groups in total. The molecule has 1 aromatic heterocycles. The zero-order valence-electron chi connectivity index (χ0n) is 9.17. The molecule has 1 aliphatic heterocycles. The van der Waals surface area contributed by atoms with E-state index in [9.17, 15) is 4.79 Å². The van der Waals surface area contributed by atoms with E-state index in [4.69, 9.17) is 12.2 Å². The summed E-state index contributed by atoms with van der Waals surface area (Å²) in [4.78, 5) is 23.9. The van der Waals surface area contributed by atoms with Gasteiger partial charge in [0.2, 0.25) is 5.11 Å². The van der Waals surface area contributed by atoms with Crippen LogP contribution in [-0.2, 0) is 4.79 Å². The number of carbonyl (C=O) groups is 1. The fourth-order valence-electron chi connectivity index (χ4n) is 1.39. The Kier molecular flexibility index (Phi) is 3.34. The number of anilines is 1. The Bertz CT molecular complexity index is 522. The third-order valence-corrected chi connectivity index (χ3v) is 2.35. The van der Waals surface area contributed by atoms with Crippen LogP contribution in [0.5, 0.6) is 0 Å². The van der Waals surface area contributed by atoms with Gasteiger partial charge in [0.1, 0.15) is 5.82 Å². The maximum absolute atomic E-state index is 11.9. The van der Waals surface area contributed by atoms with Crippen LogP contribution in [0, 0.1) is 0 Å². The van der Waals surface area contributed by atoms with Crippen molar-refractivity contribution in [3.8, 4) is 0 Å². The smallest absolute Gasteiger partial charge is 0.277 e. The third-order valence-electron chi connectivity index (χ3n) is 2.17. The number of aliphatic imine (C=N–C) groups is 2. The van der Waals surface area contributed by atoms with Crippen LogP contribution in [0.4, 0.5) is 5.82 Å². The van der Waals surface area contributed by atoms with Crippen molar-refractivity contribution in [3.63, 3.8) is 0 Å². The number of amides is 1. The van der Waals surface area contributed by atoms with Crippen molar-refractivity contribution in [2.24, 2.45) is 9.98 Å². The van der Waals surface area contributed by atoms with Gasteiger partial charge in [0.05, 0.1) is 5.71 Å². The average molecular weight is 246 g/mol. The van der Waals surface area contributed by atoms with E-state index in [-0.39, 0.29) is 16.7 Å². The van der Waals surface area contributed by atoms with Gasteiger partial charge in [-0.15, -0.1) is 0 Å². The van der Waals surface area contributed by atoms with E-state index in [2.05, 4.69) is 20.3 Å². The van der Waals surface area contributed by atoms with Crippen LogP contribution in [0.3, 0.4) is 0 Å². The molecule has 0 unspecified atom stereocenters. The van der Waals surface area contributed by atoms with Crippen molar-refractivity contribution >= 4 is 40.5 Å². The van der Waals surface area contributed by atoms with Crippen LogP contribution in [-0.4, -0.2) is 27.4 Å². The summed E-state index contributed by atoms with van der Waals surface area (Å²) >= 11 is 4.85. The van der Waals surface area contributed by atoms with Crippen molar-refractivity contribution in [3.05, 3.63) is 24.4 Å². The Labute approximate surface area is 104 Å². The molecular formula is C11H10N4OS. The maximum atomic E-state index is 11.9. The zero-order chi connectivity index (χ0) is 12.3. The zero-order valence-corrected chi connectivity index (χ0v) is 9.99. The normalized spacial score (nSPS) is 14.3. The van der Waals surface area contributed by atoms with E-state index in [1.807, 2.05) is 6.92 Å². The van der Waals surface area contributed by atoms with Crippen LogP contribution < -0.4 is 5.32 Å². The molecule has 0 radical (unpaired) electrons. The number of nitrogens with one attached hydrogen (secondary N) is 1. The predicted octanol–water partition coefficient (Wildman–Crippen LogP) is 1.61. The number of hydrogen-bond acceptors (Lipinski definition) is 3. The lowest BCUT2D eigenvalue weighted by atomic mass is 10.2. The van der Waals surface area contributed by atoms with E-state index >= 15 is 0 Å². The Balaban J connectivity index is 2.15. The van der Waals surface area contributed by atoms with E-state index in [1.54, 1.807) is 24.4 Å². The second-order valence-electron chi connectivity index (χ2n) is 3.32. The average Bonchev–Trinajstić information content (AvgIpc) is 2.72. The van der Waals surface area contributed by atoms with Crippen LogP contribution in [0.25, 0.3) is 0 Å². The molecule has 1 aromatic rings. The van der Waals surface area contributed by atoms with Crippen LogP contribution in [0.2, 0.25) is 0 Å². The van der Waals surface area contributed by atoms with Crippen molar-refractivity contribution in [1.29, 1.82) is 0 Å². The Hall–Kier alpha value is -1.95. The first-order valence-corrected chi connectivity index (χ1v) is 5.54. The van der Waals surface area contributed by atoms with Gasteiger partial charge in [0, 0.05) is 6.20 Å². The molecule has 17 heavy (non-hydrogen) atoms. The number of pyridine rings is 1. The molecule has 0 spiro atoms. The first-order chi connectivity index (χ1) is 8.20. The van der Waals surface area contributed by atoms with Gasteiger partial charge in [-0.25, -0.2) is 15.0 Å². The van der Waals surface area contributed by atoms with Crippen LogP contribution in [0.15, 0.2) is 34.4 Å². The van der Waals surface area contributed by atoms with Gasteiger partial charge >= 0.3 is 0 Å². The van der Waals surface area contributed by atoms with Crippen molar-refractivity contribution in [2.75, 3.05) is 5.32 Å². The summed E-state index contributed by atoms with van der Waals surface area (Å²) in [6.07, 6.45) is 2.22. The Morgan fingerprint density at radius 1 is 1.41 bits per heavy atom. The Morgan fingerprint density at radius 3 is 2.88 bits per heavy atom. The molecule has 0 atom stereocenters. The SMILES string of the molecule is CCC1=NC(=S)N=C1C(=O)Nc1ccccn1. The minimum atomic E-state index is -0.329. The lowest BCUT2D eigenvalue weighted by Crippen LogP contribution is -2.28. The molecule has 0 aliphatic carbocycles. The quantitative estimate of drug-likeness (QED) is 0.824. The number of aromatic nitrogens is 1. The monoisotopic (exact) mass is 246 g/mol. The van der Waals surface area contributed by atoms with E-state index in [1.165, 1.54) is 0 Å². The minimum Gasteiger partial charge on any atom is -0.305 e. The molecule has 0 saturated carbocycles. The molecule has 2 heterocycles. The largest absolute Gasteiger partial charge is 0.305 e. The summed E-state index contributed by atoms with van der Waals surface area (Å²) < 4.78 is 0. The van der Waals surface area contributed by atoms with Gasteiger partial charge in [-0.1, -0.05) is 13.0 Å². The molecule has 1 aliphatic rings. The summed E-state index contributed by atoms with van der Waals surface area (Å²) in [7, 11) is 0. The van der Waals surface area contributed by atoms with E-state index in [0.29, 0.717) is 18.0 Å². The Morgan fingerprint density at radius 2 is 2.24 bits per heavy atom. The van der Waals surface area contributed by atoms with Crippen molar-refractivity contribution in [2.45, 2.75) is 13.3 Å². The lowest BCUT2D eigenvalue weighted by molar-refractivity contribution is -0.110. The highest BCUT2D eigenvalue weighted by Crippen LogP contribution is 2.07. The third kappa shape index (κ3) is 2.59. The standard InChI is InChI=1S/C11H10N4OS/c1-2-7-9(15-11(17)13-7)10(16)14-8-5-3-4-6-12-8/h3-6H,2H2,1H3,(H,12,14,16). The van der Waals surface area contributed by atoms with Crippen molar-refractivity contribution in [1.82, 2.24) is 4.98 Å².